The second-order valence-electron chi connectivity index (χ2n) is 5.44. The van der Waals surface area contributed by atoms with Gasteiger partial charge in [-0.15, -0.1) is 0 Å². The van der Waals surface area contributed by atoms with E-state index in [0.29, 0.717) is 18.0 Å². The highest BCUT2D eigenvalue weighted by atomic mass is 32.2. The van der Waals surface area contributed by atoms with Crippen molar-refractivity contribution >= 4 is 27.4 Å². The highest BCUT2D eigenvalue weighted by Crippen LogP contribution is 2.25. The van der Waals surface area contributed by atoms with Crippen molar-refractivity contribution in [2.75, 3.05) is 30.3 Å². The van der Waals surface area contributed by atoms with Crippen molar-refractivity contribution in [3.63, 3.8) is 0 Å². The number of benzene rings is 2. The minimum absolute atomic E-state index is 0.0110. The van der Waals surface area contributed by atoms with E-state index in [0.717, 1.165) is 0 Å². The highest BCUT2D eigenvalue weighted by molar-refractivity contribution is 7.92. The standard InChI is InChI=1S/C17H20N2O5S/c1-4-24-13-6-8-14(9-7-13)25(22,23)18-12-5-10-16(19(2)3)15(11-12)17(20)21/h5-11,18H,4H2,1-3H3,(H,20,21). The average Bonchev–Trinajstić information content (AvgIpc) is 2.55. The van der Waals surface area contributed by atoms with Crippen molar-refractivity contribution in [3.05, 3.63) is 48.0 Å². The van der Waals surface area contributed by atoms with Crippen molar-refractivity contribution in [3.8, 4) is 5.75 Å². The Morgan fingerprint density at radius 2 is 1.80 bits per heavy atom. The summed E-state index contributed by atoms with van der Waals surface area (Å²) in [4.78, 5) is 13.1. The second kappa shape index (κ2) is 7.43. The molecule has 0 atom stereocenters. The molecule has 0 radical (unpaired) electrons. The van der Waals surface area contributed by atoms with E-state index in [1.54, 1.807) is 37.2 Å². The van der Waals surface area contributed by atoms with Gasteiger partial charge in [-0.05, 0) is 49.4 Å². The number of hydrogen-bond donors (Lipinski definition) is 2. The van der Waals surface area contributed by atoms with Crippen LogP contribution in [0.1, 0.15) is 17.3 Å². The lowest BCUT2D eigenvalue weighted by atomic mass is 10.1. The summed E-state index contributed by atoms with van der Waals surface area (Å²) in [5.41, 5.74) is 0.672. The molecule has 25 heavy (non-hydrogen) atoms. The van der Waals surface area contributed by atoms with Gasteiger partial charge >= 0.3 is 5.97 Å². The van der Waals surface area contributed by atoms with Gasteiger partial charge in [-0.25, -0.2) is 13.2 Å². The van der Waals surface area contributed by atoms with Crippen molar-refractivity contribution in [2.24, 2.45) is 0 Å². The number of rotatable bonds is 7. The Hall–Kier alpha value is -2.74. The lowest BCUT2D eigenvalue weighted by Gasteiger charge is -2.17. The molecule has 7 nitrogen and oxygen atoms in total. The molecular formula is C17H20N2O5S. The van der Waals surface area contributed by atoms with Gasteiger partial charge in [0.1, 0.15) is 5.75 Å². The van der Waals surface area contributed by atoms with Gasteiger partial charge in [-0.3, -0.25) is 4.72 Å². The lowest BCUT2D eigenvalue weighted by molar-refractivity contribution is 0.0697. The van der Waals surface area contributed by atoms with Crippen LogP contribution in [0.25, 0.3) is 0 Å². The molecule has 0 bridgehead atoms. The Kier molecular flexibility index (Phi) is 5.53. The maximum Gasteiger partial charge on any atom is 0.337 e. The van der Waals surface area contributed by atoms with Gasteiger partial charge in [0.15, 0.2) is 0 Å². The van der Waals surface area contributed by atoms with Gasteiger partial charge in [0.2, 0.25) is 0 Å². The van der Waals surface area contributed by atoms with E-state index in [9.17, 15) is 18.3 Å². The van der Waals surface area contributed by atoms with E-state index in [1.807, 2.05) is 6.92 Å². The number of nitrogens with one attached hydrogen (secondary N) is 1. The quantitative estimate of drug-likeness (QED) is 0.784. The van der Waals surface area contributed by atoms with Crippen LogP contribution in [0.2, 0.25) is 0 Å². The van der Waals surface area contributed by atoms with Crippen LogP contribution in [0.4, 0.5) is 11.4 Å². The molecule has 0 heterocycles. The zero-order valence-electron chi connectivity index (χ0n) is 14.2. The summed E-state index contributed by atoms with van der Waals surface area (Å²) in [6, 6.07) is 10.4. The van der Waals surface area contributed by atoms with Gasteiger partial charge in [0.05, 0.1) is 22.8 Å². The SMILES string of the molecule is CCOc1ccc(S(=O)(=O)Nc2ccc(N(C)C)c(C(=O)O)c2)cc1. The Labute approximate surface area is 146 Å². The minimum atomic E-state index is -3.83. The minimum Gasteiger partial charge on any atom is -0.494 e. The summed E-state index contributed by atoms with van der Waals surface area (Å²) in [6.45, 7) is 2.32. The highest BCUT2D eigenvalue weighted by Gasteiger charge is 2.17. The van der Waals surface area contributed by atoms with E-state index in [1.165, 1.54) is 24.3 Å². The number of aromatic carboxylic acids is 1. The molecule has 0 saturated heterocycles. The first-order valence-electron chi connectivity index (χ1n) is 7.55. The van der Waals surface area contributed by atoms with Crippen LogP contribution < -0.4 is 14.4 Å². The Bertz CT molecular complexity index is 861. The van der Waals surface area contributed by atoms with Crippen molar-refractivity contribution in [1.29, 1.82) is 0 Å². The van der Waals surface area contributed by atoms with E-state index in [4.69, 9.17) is 4.74 Å². The largest absolute Gasteiger partial charge is 0.494 e. The Balaban J connectivity index is 2.31. The first-order valence-corrected chi connectivity index (χ1v) is 9.03. The van der Waals surface area contributed by atoms with Gasteiger partial charge in [-0.2, -0.15) is 0 Å². The molecule has 0 saturated carbocycles. The van der Waals surface area contributed by atoms with Crippen LogP contribution >= 0.6 is 0 Å². The van der Waals surface area contributed by atoms with Gasteiger partial charge in [0, 0.05) is 19.8 Å². The number of carbonyl (C=O) groups is 1. The molecular weight excluding hydrogens is 344 g/mol. The normalized spacial score (nSPS) is 11.0. The molecule has 2 aromatic rings. The Morgan fingerprint density at radius 1 is 1.16 bits per heavy atom. The van der Waals surface area contributed by atoms with Crippen LogP contribution in [0.3, 0.4) is 0 Å². The molecule has 2 aromatic carbocycles. The molecule has 0 amide bonds. The molecule has 0 fully saturated rings. The molecule has 0 aromatic heterocycles. The summed E-state index contributed by atoms with van der Waals surface area (Å²) in [7, 11) is -0.405. The zero-order chi connectivity index (χ0) is 18.6. The second-order valence-corrected chi connectivity index (χ2v) is 7.12. The summed E-state index contributed by atoms with van der Waals surface area (Å²) in [6.07, 6.45) is 0. The number of sulfonamides is 1. The number of hydrogen-bond acceptors (Lipinski definition) is 5. The van der Waals surface area contributed by atoms with E-state index in [2.05, 4.69) is 4.72 Å². The third kappa shape index (κ3) is 4.42. The summed E-state index contributed by atoms with van der Waals surface area (Å²) < 4.78 is 32.6. The smallest absolute Gasteiger partial charge is 0.337 e. The monoisotopic (exact) mass is 364 g/mol. The van der Waals surface area contributed by atoms with Crippen molar-refractivity contribution in [2.45, 2.75) is 11.8 Å². The first-order chi connectivity index (χ1) is 11.7. The number of ether oxygens (including phenoxy) is 1. The Morgan fingerprint density at radius 3 is 2.32 bits per heavy atom. The first kappa shape index (κ1) is 18.6. The van der Waals surface area contributed by atoms with Crippen molar-refractivity contribution < 1.29 is 23.1 Å². The van der Waals surface area contributed by atoms with E-state index < -0.39 is 16.0 Å². The predicted molar refractivity (Wildman–Crippen MR) is 96.1 cm³/mol. The van der Waals surface area contributed by atoms with Crippen LogP contribution in [0.15, 0.2) is 47.4 Å². The molecule has 2 N–H and O–H groups in total. The molecule has 134 valence electrons. The van der Waals surface area contributed by atoms with Crippen LogP contribution in [-0.4, -0.2) is 40.2 Å². The number of anilines is 2. The van der Waals surface area contributed by atoms with Gasteiger partial charge in [-0.1, -0.05) is 0 Å². The third-order valence-electron chi connectivity index (χ3n) is 3.41. The summed E-state index contributed by atoms with van der Waals surface area (Å²) in [5, 5.41) is 9.32. The zero-order valence-corrected chi connectivity index (χ0v) is 15.0. The maximum atomic E-state index is 12.5. The molecule has 0 aliphatic carbocycles. The fourth-order valence-electron chi connectivity index (χ4n) is 2.26. The van der Waals surface area contributed by atoms with Crippen molar-refractivity contribution in [1.82, 2.24) is 0 Å². The number of carboxylic acid groups (broad SMARTS) is 1. The fraction of sp³-hybridized carbons (Fsp3) is 0.235. The topological polar surface area (TPSA) is 95.9 Å². The van der Waals surface area contributed by atoms with E-state index >= 15 is 0 Å². The fourth-order valence-corrected chi connectivity index (χ4v) is 3.31. The van der Waals surface area contributed by atoms with Gasteiger partial charge in [0.25, 0.3) is 10.0 Å². The number of carboxylic acids is 1. The van der Waals surface area contributed by atoms with E-state index in [-0.39, 0.29) is 16.1 Å². The van der Waals surface area contributed by atoms with Crippen LogP contribution in [0.5, 0.6) is 5.75 Å². The predicted octanol–water partition coefficient (Wildman–Crippen LogP) is 2.65. The molecule has 0 unspecified atom stereocenters. The molecule has 0 aliphatic rings. The van der Waals surface area contributed by atoms with Gasteiger partial charge < -0.3 is 14.7 Å². The molecule has 2 rings (SSSR count). The lowest BCUT2D eigenvalue weighted by Crippen LogP contribution is -2.16. The average molecular weight is 364 g/mol. The summed E-state index contributed by atoms with van der Waals surface area (Å²) >= 11 is 0. The third-order valence-corrected chi connectivity index (χ3v) is 4.80. The molecule has 0 aliphatic heterocycles. The van der Waals surface area contributed by atoms with Crippen LogP contribution in [0, 0.1) is 0 Å². The number of nitrogens with zero attached hydrogens (tertiary/aromatic N) is 1. The molecule has 8 heteroatoms. The maximum absolute atomic E-state index is 12.5. The van der Waals surface area contributed by atoms with Crippen LogP contribution in [-0.2, 0) is 10.0 Å². The molecule has 0 spiro atoms. The summed E-state index contributed by atoms with van der Waals surface area (Å²) in [5.74, 6) is -0.559.